The van der Waals surface area contributed by atoms with Gasteiger partial charge in [-0.3, -0.25) is 0 Å². The van der Waals surface area contributed by atoms with Crippen molar-refractivity contribution in [2.75, 3.05) is 39.8 Å². The quantitative estimate of drug-likeness (QED) is 0.709. The van der Waals surface area contributed by atoms with E-state index < -0.39 is 0 Å². The lowest BCUT2D eigenvalue weighted by Gasteiger charge is -2.46. The number of hydrogen-bond acceptors (Lipinski definition) is 3. The summed E-state index contributed by atoms with van der Waals surface area (Å²) in [5.41, 5.74) is 6.62. The molecular formula is C11H23N3. The van der Waals surface area contributed by atoms with Crippen LogP contribution in [0.25, 0.3) is 0 Å². The number of rotatable bonds is 3. The van der Waals surface area contributed by atoms with Gasteiger partial charge in [-0.2, -0.15) is 0 Å². The van der Waals surface area contributed by atoms with Crippen molar-refractivity contribution >= 4 is 0 Å². The lowest BCUT2D eigenvalue weighted by molar-refractivity contribution is 0.0303. The molecule has 0 aliphatic carbocycles. The van der Waals surface area contributed by atoms with Crippen LogP contribution in [0, 0.1) is 5.41 Å². The lowest BCUT2D eigenvalue weighted by atomic mass is 9.79. The molecule has 0 bridgehead atoms. The summed E-state index contributed by atoms with van der Waals surface area (Å²) in [4.78, 5) is 4.98. The largest absolute Gasteiger partial charge is 0.327 e. The third kappa shape index (κ3) is 1.95. The van der Waals surface area contributed by atoms with E-state index in [1.807, 2.05) is 0 Å². The maximum Gasteiger partial charge on any atom is 0.0165 e. The molecule has 2 rings (SSSR count). The van der Waals surface area contributed by atoms with Gasteiger partial charge >= 0.3 is 0 Å². The van der Waals surface area contributed by atoms with Crippen LogP contribution in [0.5, 0.6) is 0 Å². The van der Waals surface area contributed by atoms with Crippen LogP contribution in [0.4, 0.5) is 0 Å². The predicted molar refractivity (Wildman–Crippen MR) is 59.3 cm³/mol. The molecule has 0 aromatic heterocycles. The van der Waals surface area contributed by atoms with Crippen molar-refractivity contribution in [1.29, 1.82) is 0 Å². The molecule has 2 aliphatic rings. The fraction of sp³-hybridized carbons (Fsp3) is 1.00. The first-order valence-electron chi connectivity index (χ1n) is 5.80. The Morgan fingerprint density at radius 3 is 2.64 bits per heavy atom. The molecule has 3 nitrogen and oxygen atoms in total. The minimum Gasteiger partial charge on any atom is -0.327 e. The van der Waals surface area contributed by atoms with Gasteiger partial charge in [-0.1, -0.05) is 6.92 Å². The highest BCUT2D eigenvalue weighted by Crippen LogP contribution is 2.38. The smallest absolute Gasteiger partial charge is 0.0165 e. The number of nitrogens with zero attached hydrogens (tertiary/aromatic N) is 2. The van der Waals surface area contributed by atoms with Crippen molar-refractivity contribution in [3.8, 4) is 0 Å². The molecule has 3 heteroatoms. The Bertz CT molecular complexity index is 199. The van der Waals surface area contributed by atoms with E-state index in [9.17, 15) is 0 Å². The third-order valence-electron chi connectivity index (χ3n) is 3.75. The second-order valence-corrected chi connectivity index (χ2v) is 5.33. The highest BCUT2D eigenvalue weighted by molar-refractivity contribution is 5.00. The minimum atomic E-state index is 0.378. The second-order valence-electron chi connectivity index (χ2n) is 5.33. The van der Waals surface area contributed by atoms with Crippen LogP contribution >= 0.6 is 0 Å². The topological polar surface area (TPSA) is 32.5 Å². The molecule has 0 radical (unpaired) electrons. The molecule has 2 fully saturated rings. The van der Waals surface area contributed by atoms with Crippen LogP contribution in [0.3, 0.4) is 0 Å². The van der Waals surface area contributed by atoms with Crippen LogP contribution in [0.1, 0.15) is 19.8 Å². The molecule has 2 saturated heterocycles. The Morgan fingerprint density at radius 2 is 2.07 bits per heavy atom. The Kier molecular flexibility index (Phi) is 2.82. The molecule has 0 aromatic rings. The Labute approximate surface area is 87.2 Å². The zero-order chi connectivity index (χ0) is 10.2. The van der Waals surface area contributed by atoms with E-state index >= 15 is 0 Å². The Morgan fingerprint density at radius 1 is 1.36 bits per heavy atom. The highest BCUT2D eigenvalue weighted by Gasteiger charge is 2.45. The van der Waals surface area contributed by atoms with Crippen molar-refractivity contribution in [2.45, 2.75) is 25.8 Å². The van der Waals surface area contributed by atoms with Crippen molar-refractivity contribution in [3.63, 3.8) is 0 Å². The lowest BCUT2D eigenvalue weighted by Crippen LogP contribution is -2.55. The molecule has 2 heterocycles. The van der Waals surface area contributed by atoms with Gasteiger partial charge in [0.15, 0.2) is 0 Å². The van der Waals surface area contributed by atoms with E-state index in [-0.39, 0.29) is 0 Å². The summed E-state index contributed by atoms with van der Waals surface area (Å²) >= 11 is 0. The maximum absolute atomic E-state index is 5.98. The molecular weight excluding hydrogens is 174 g/mol. The summed E-state index contributed by atoms with van der Waals surface area (Å²) in [6, 6.07) is 0.378. The average molecular weight is 197 g/mol. The SMILES string of the molecule is CC[C@@H](N)CN1CCC2(CN(C)C2)C1. The Hall–Kier alpha value is -0.120. The number of hydrogen-bond donors (Lipinski definition) is 1. The van der Waals surface area contributed by atoms with Gasteiger partial charge in [-0.15, -0.1) is 0 Å². The van der Waals surface area contributed by atoms with Gasteiger partial charge in [0.05, 0.1) is 0 Å². The van der Waals surface area contributed by atoms with Gasteiger partial charge in [0.25, 0.3) is 0 Å². The summed E-state index contributed by atoms with van der Waals surface area (Å²) < 4.78 is 0. The summed E-state index contributed by atoms with van der Waals surface area (Å²) in [5, 5.41) is 0. The monoisotopic (exact) mass is 197 g/mol. The first kappa shape index (κ1) is 10.4. The van der Waals surface area contributed by atoms with E-state index in [1.54, 1.807) is 0 Å². The van der Waals surface area contributed by atoms with E-state index in [0.29, 0.717) is 11.5 Å². The summed E-state index contributed by atoms with van der Waals surface area (Å²) in [7, 11) is 2.21. The van der Waals surface area contributed by atoms with E-state index in [4.69, 9.17) is 5.73 Å². The molecule has 2 aliphatic heterocycles. The predicted octanol–water partition coefficient (Wildman–Crippen LogP) is 0.361. The van der Waals surface area contributed by atoms with E-state index in [0.717, 1.165) is 13.0 Å². The van der Waals surface area contributed by atoms with Crippen molar-refractivity contribution in [1.82, 2.24) is 9.80 Å². The van der Waals surface area contributed by atoms with Crippen LogP contribution in [-0.2, 0) is 0 Å². The van der Waals surface area contributed by atoms with Crippen LogP contribution in [0.15, 0.2) is 0 Å². The van der Waals surface area contributed by atoms with E-state index in [2.05, 4.69) is 23.8 Å². The molecule has 14 heavy (non-hydrogen) atoms. The summed E-state index contributed by atoms with van der Waals surface area (Å²) in [6.07, 6.45) is 2.48. The molecule has 82 valence electrons. The normalized spacial score (nSPS) is 29.4. The van der Waals surface area contributed by atoms with Gasteiger partial charge in [-0.05, 0) is 26.4 Å². The molecule has 2 N–H and O–H groups in total. The first-order valence-corrected chi connectivity index (χ1v) is 5.80. The van der Waals surface area contributed by atoms with Gasteiger partial charge in [0, 0.05) is 37.6 Å². The fourth-order valence-electron chi connectivity index (χ4n) is 3.00. The standard InChI is InChI=1S/C11H23N3/c1-3-10(12)6-14-5-4-11(9-14)7-13(2)8-11/h10H,3-9,12H2,1-2H3/t10-/m1/s1. The number of likely N-dealkylation sites (tertiary alicyclic amines) is 2. The van der Waals surface area contributed by atoms with Gasteiger partial charge < -0.3 is 15.5 Å². The second kappa shape index (κ2) is 3.80. The highest BCUT2D eigenvalue weighted by atomic mass is 15.3. The molecule has 1 spiro atoms. The zero-order valence-corrected chi connectivity index (χ0v) is 9.50. The Balaban J connectivity index is 1.78. The fourth-order valence-corrected chi connectivity index (χ4v) is 3.00. The molecule has 0 unspecified atom stereocenters. The molecule has 0 saturated carbocycles. The van der Waals surface area contributed by atoms with Crippen molar-refractivity contribution in [3.05, 3.63) is 0 Å². The molecule has 1 atom stereocenters. The summed E-state index contributed by atoms with van der Waals surface area (Å²) in [5.74, 6) is 0. The number of nitrogens with two attached hydrogens (primary N) is 1. The van der Waals surface area contributed by atoms with Crippen LogP contribution < -0.4 is 5.73 Å². The van der Waals surface area contributed by atoms with Crippen molar-refractivity contribution < 1.29 is 0 Å². The van der Waals surface area contributed by atoms with Crippen molar-refractivity contribution in [2.24, 2.45) is 11.1 Å². The van der Waals surface area contributed by atoms with Gasteiger partial charge in [0.2, 0.25) is 0 Å². The average Bonchev–Trinajstić information content (AvgIpc) is 2.48. The first-order chi connectivity index (χ1) is 6.63. The minimum absolute atomic E-state index is 0.378. The van der Waals surface area contributed by atoms with Crippen LogP contribution in [-0.4, -0.2) is 55.6 Å². The third-order valence-corrected chi connectivity index (χ3v) is 3.75. The van der Waals surface area contributed by atoms with Gasteiger partial charge in [0.1, 0.15) is 0 Å². The van der Waals surface area contributed by atoms with Gasteiger partial charge in [-0.25, -0.2) is 0 Å². The van der Waals surface area contributed by atoms with E-state index in [1.165, 1.54) is 32.6 Å². The molecule has 0 aromatic carbocycles. The summed E-state index contributed by atoms with van der Waals surface area (Å²) in [6.45, 7) is 8.41. The van der Waals surface area contributed by atoms with Crippen LogP contribution in [0.2, 0.25) is 0 Å². The maximum atomic E-state index is 5.98. The zero-order valence-electron chi connectivity index (χ0n) is 9.50. The molecule has 0 amide bonds.